The van der Waals surface area contributed by atoms with Crippen LogP contribution < -0.4 is 27.0 Å². The number of anilines is 1. The maximum atomic E-state index is 13.7. The third kappa shape index (κ3) is 11.4. The summed E-state index contributed by atoms with van der Waals surface area (Å²) in [5, 5.41) is 21.9. The monoisotopic (exact) mass is 730 g/mol. The number of fused-ring (bicyclic) bond motifs is 3. The highest BCUT2D eigenvalue weighted by Crippen LogP contribution is 2.45. The van der Waals surface area contributed by atoms with Gasteiger partial charge < -0.3 is 46.5 Å². The molecule has 0 radical (unpaired) electrons. The Balaban J connectivity index is 1.47. The first kappa shape index (κ1) is 40.6. The molecule has 0 aliphatic heterocycles. The summed E-state index contributed by atoms with van der Waals surface area (Å²) in [6.45, 7) is 11.9. The molecular weight excluding hydrogens is 676 g/mol. The molecule has 0 bridgehead atoms. The molecule has 3 aromatic carbocycles. The van der Waals surface area contributed by atoms with Crippen LogP contribution in [0.25, 0.3) is 11.1 Å². The van der Waals surface area contributed by atoms with Crippen molar-refractivity contribution in [2.75, 3.05) is 25.0 Å². The number of hydrogen-bond donors (Lipinski definition) is 6. The Morgan fingerprint density at radius 1 is 0.943 bits per heavy atom. The smallest absolute Gasteiger partial charge is 0.411 e. The summed E-state index contributed by atoms with van der Waals surface area (Å²) in [6.07, 6.45) is -0.796. The van der Waals surface area contributed by atoms with E-state index in [2.05, 4.69) is 21.3 Å². The highest BCUT2D eigenvalue weighted by Gasteiger charge is 2.32. The van der Waals surface area contributed by atoms with E-state index in [-0.39, 0.29) is 44.1 Å². The Morgan fingerprint density at radius 2 is 1.58 bits per heavy atom. The van der Waals surface area contributed by atoms with Crippen LogP contribution in [-0.4, -0.2) is 71.5 Å². The van der Waals surface area contributed by atoms with Gasteiger partial charge in [0.15, 0.2) is 6.10 Å². The van der Waals surface area contributed by atoms with Crippen molar-refractivity contribution in [2.24, 2.45) is 11.7 Å². The lowest BCUT2D eigenvalue weighted by Crippen LogP contribution is -2.51. The van der Waals surface area contributed by atoms with Crippen LogP contribution in [-0.2, 0) is 27.4 Å². The first-order chi connectivity index (χ1) is 25.2. The molecule has 5 amide bonds. The fourth-order valence-corrected chi connectivity index (χ4v) is 6.18. The van der Waals surface area contributed by atoms with Gasteiger partial charge in [-0.05, 0) is 80.8 Å². The molecule has 13 nitrogen and oxygen atoms in total. The highest BCUT2D eigenvalue weighted by molar-refractivity contribution is 5.95. The highest BCUT2D eigenvalue weighted by atomic mass is 16.6. The van der Waals surface area contributed by atoms with Crippen LogP contribution in [0.5, 0.6) is 0 Å². The molecule has 1 aliphatic rings. The van der Waals surface area contributed by atoms with Crippen LogP contribution in [0.3, 0.4) is 0 Å². The minimum Gasteiger partial charge on any atom is -0.444 e. The van der Waals surface area contributed by atoms with Gasteiger partial charge in [-0.1, -0.05) is 68.4 Å². The standard InChI is InChI=1S/C40H54N6O7/c1-7-46(39(51)52-35-31-15-10-8-13-29(31)30-14-9-11-16-32(30)35)23-27-21-28(19-18-26(27)24-47)44-36(48)33(17-12-20-42-37(41)49)43-22-34(25(2)3)45-38(50)53-40(4,5)6/h8-11,13-16,18-19,21,25,33-35,43,47H,7,12,17,20,22-24H2,1-6H3,(H,44,48)(H,45,50)(H3,41,42,49)/t33-,34+/m0/s1. The molecule has 0 aromatic heterocycles. The van der Waals surface area contributed by atoms with E-state index in [1.807, 2.05) is 69.3 Å². The molecule has 0 saturated heterocycles. The van der Waals surface area contributed by atoms with E-state index in [1.165, 1.54) is 0 Å². The molecule has 53 heavy (non-hydrogen) atoms. The molecule has 7 N–H and O–H groups in total. The SMILES string of the molecule is CCN(Cc1cc(NC(=O)[C@H](CCCNC(N)=O)NC[C@@H](NC(=O)OC(C)(C)C)C(C)C)ccc1CO)C(=O)OC1c2ccccc2-c2ccccc21. The number of benzene rings is 3. The number of carbonyl (C=O) groups is 4. The molecule has 0 saturated carbocycles. The molecule has 13 heteroatoms. The van der Waals surface area contributed by atoms with Gasteiger partial charge in [-0.3, -0.25) is 4.79 Å². The van der Waals surface area contributed by atoms with E-state index >= 15 is 0 Å². The third-order valence-corrected chi connectivity index (χ3v) is 9.02. The summed E-state index contributed by atoms with van der Waals surface area (Å²) in [5.74, 6) is -0.313. The second kappa shape index (κ2) is 18.6. The van der Waals surface area contributed by atoms with Gasteiger partial charge in [-0.25, -0.2) is 14.4 Å². The minimum atomic E-state index is -0.702. The maximum absolute atomic E-state index is 13.7. The summed E-state index contributed by atoms with van der Waals surface area (Å²) in [4.78, 5) is 52.8. The fourth-order valence-electron chi connectivity index (χ4n) is 6.18. The van der Waals surface area contributed by atoms with Gasteiger partial charge in [0.25, 0.3) is 0 Å². The Morgan fingerprint density at radius 3 is 2.15 bits per heavy atom. The summed E-state index contributed by atoms with van der Waals surface area (Å²) in [6, 6.07) is 19.2. The van der Waals surface area contributed by atoms with Gasteiger partial charge in [-0.15, -0.1) is 0 Å². The molecule has 0 heterocycles. The average molecular weight is 731 g/mol. The van der Waals surface area contributed by atoms with Crippen molar-refractivity contribution in [3.05, 3.63) is 89.0 Å². The summed E-state index contributed by atoms with van der Waals surface area (Å²) in [7, 11) is 0. The number of hydrogen-bond acceptors (Lipinski definition) is 8. The molecule has 0 spiro atoms. The molecule has 0 unspecified atom stereocenters. The second-order valence-corrected chi connectivity index (χ2v) is 14.5. The van der Waals surface area contributed by atoms with Crippen LogP contribution in [0.1, 0.15) is 82.7 Å². The number of carbonyl (C=O) groups excluding carboxylic acids is 4. The summed E-state index contributed by atoms with van der Waals surface area (Å²) >= 11 is 0. The Labute approximate surface area is 312 Å². The van der Waals surface area contributed by atoms with Gasteiger partial charge in [0, 0.05) is 49.0 Å². The number of ether oxygens (including phenoxy) is 2. The lowest BCUT2D eigenvalue weighted by atomic mass is 10.0. The lowest BCUT2D eigenvalue weighted by molar-refractivity contribution is -0.118. The Kier molecular flexibility index (Phi) is 14.2. The van der Waals surface area contributed by atoms with Gasteiger partial charge in [0.2, 0.25) is 5.91 Å². The number of aliphatic hydroxyl groups is 1. The van der Waals surface area contributed by atoms with E-state index < -0.39 is 36.0 Å². The molecule has 286 valence electrons. The van der Waals surface area contributed by atoms with Crippen LogP contribution in [0.2, 0.25) is 0 Å². The maximum Gasteiger partial charge on any atom is 0.411 e. The first-order valence-electron chi connectivity index (χ1n) is 18.1. The van der Waals surface area contributed by atoms with E-state index in [0.717, 1.165) is 22.3 Å². The zero-order valence-corrected chi connectivity index (χ0v) is 31.5. The molecular formula is C40H54N6O7. The van der Waals surface area contributed by atoms with Gasteiger partial charge in [0.05, 0.1) is 12.6 Å². The normalized spacial score (nSPS) is 13.4. The predicted molar refractivity (Wildman–Crippen MR) is 204 cm³/mol. The van der Waals surface area contributed by atoms with Gasteiger partial charge in [0.1, 0.15) is 5.60 Å². The second-order valence-electron chi connectivity index (χ2n) is 14.5. The van der Waals surface area contributed by atoms with Crippen LogP contribution >= 0.6 is 0 Å². The summed E-state index contributed by atoms with van der Waals surface area (Å²) in [5.41, 5.74) is 10.2. The Bertz CT molecular complexity index is 1690. The molecule has 3 aromatic rings. The lowest BCUT2D eigenvalue weighted by Gasteiger charge is -2.28. The molecule has 0 fully saturated rings. The molecule has 2 atom stereocenters. The van der Waals surface area contributed by atoms with E-state index in [4.69, 9.17) is 15.2 Å². The number of amides is 5. The quantitative estimate of drug-likeness (QED) is 0.0999. The van der Waals surface area contributed by atoms with Crippen LogP contribution in [0.4, 0.5) is 20.1 Å². The van der Waals surface area contributed by atoms with Crippen molar-refractivity contribution in [3.8, 4) is 11.1 Å². The largest absolute Gasteiger partial charge is 0.444 e. The first-order valence-corrected chi connectivity index (χ1v) is 18.1. The van der Waals surface area contributed by atoms with Crippen molar-refractivity contribution in [2.45, 2.75) is 91.3 Å². The number of nitrogens with one attached hydrogen (secondary N) is 4. The van der Waals surface area contributed by atoms with E-state index in [0.29, 0.717) is 36.2 Å². The molecule has 1 aliphatic carbocycles. The Hall–Kier alpha value is -5.14. The number of primary amides is 1. The fraction of sp³-hybridized carbons (Fsp3) is 0.450. The number of aliphatic hydroxyl groups excluding tert-OH is 1. The van der Waals surface area contributed by atoms with Crippen LogP contribution in [0.15, 0.2) is 66.7 Å². The number of nitrogens with two attached hydrogens (primary N) is 1. The van der Waals surface area contributed by atoms with Gasteiger partial charge >= 0.3 is 18.2 Å². The van der Waals surface area contributed by atoms with Crippen molar-refractivity contribution in [3.63, 3.8) is 0 Å². The van der Waals surface area contributed by atoms with Crippen LogP contribution in [0, 0.1) is 5.92 Å². The van der Waals surface area contributed by atoms with Crippen molar-refractivity contribution >= 4 is 29.8 Å². The van der Waals surface area contributed by atoms with Crippen molar-refractivity contribution in [1.82, 2.24) is 20.9 Å². The minimum absolute atomic E-state index is 0.0233. The summed E-state index contributed by atoms with van der Waals surface area (Å²) < 4.78 is 11.6. The number of alkyl carbamates (subject to hydrolysis) is 1. The number of nitrogens with zero attached hydrogens (tertiary/aromatic N) is 1. The van der Waals surface area contributed by atoms with Crippen molar-refractivity contribution < 1.29 is 33.8 Å². The zero-order valence-electron chi connectivity index (χ0n) is 31.5. The molecule has 4 rings (SSSR count). The average Bonchev–Trinajstić information content (AvgIpc) is 3.41. The van der Waals surface area contributed by atoms with E-state index in [9.17, 15) is 24.3 Å². The predicted octanol–water partition coefficient (Wildman–Crippen LogP) is 5.80. The van der Waals surface area contributed by atoms with Crippen molar-refractivity contribution in [1.29, 1.82) is 0 Å². The zero-order chi connectivity index (χ0) is 38.7. The van der Waals surface area contributed by atoms with E-state index in [1.54, 1.807) is 43.9 Å². The third-order valence-electron chi connectivity index (χ3n) is 9.02. The number of urea groups is 1. The number of rotatable bonds is 16. The van der Waals surface area contributed by atoms with Gasteiger partial charge in [-0.2, -0.15) is 0 Å². The topological polar surface area (TPSA) is 184 Å².